The minimum atomic E-state index is -0.974. The van der Waals surface area contributed by atoms with E-state index in [2.05, 4.69) is 35.6 Å². The van der Waals surface area contributed by atoms with E-state index in [1.807, 2.05) is 48.5 Å². The second kappa shape index (κ2) is 8.09. The zero-order valence-corrected chi connectivity index (χ0v) is 21.4. The lowest BCUT2D eigenvalue weighted by molar-refractivity contribution is 0.660. The van der Waals surface area contributed by atoms with Crippen LogP contribution in [0.1, 0.15) is 34.6 Å². The van der Waals surface area contributed by atoms with Gasteiger partial charge >= 0.3 is 0 Å². The van der Waals surface area contributed by atoms with Crippen molar-refractivity contribution < 1.29 is 14.0 Å². The van der Waals surface area contributed by atoms with Crippen LogP contribution in [0.5, 0.6) is 0 Å². The third-order valence-corrected chi connectivity index (χ3v) is 7.92. The fourth-order valence-corrected chi connectivity index (χ4v) is 5.94. The standard InChI is InChI=1S/C37H27NO/c1-37(2)31-14-6-5-11-30(31)34-32(37)15-8-16-33(34)38-25-20-17-24(18-21-25)27-12-7-13-28-29-22-19-23-9-3-4-10-26(23)36(29)39-35(27)28/h3-22,38H,1-2H3/i5D,6D,8D,11D,14D,15D,16D. The summed E-state index contributed by atoms with van der Waals surface area (Å²) in [5.74, 6) is 0. The molecule has 0 atom stereocenters. The zero-order chi connectivity index (χ0) is 32.2. The van der Waals surface area contributed by atoms with E-state index in [4.69, 9.17) is 14.0 Å². The van der Waals surface area contributed by atoms with Gasteiger partial charge in [0.25, 0.3) is 0 Å². The highest BCUT2D eigenvalue weighted by Crippen LogP contribution is 2.51. The molecule has 0 saturated heterocycles. The predicted octanol–water partition coefficient (Wildman–Crippen LogP) is 10.5. The molecular weight excluding hydrogens is 474 g/mol. The Bertz CT molecular complexity index is 2450. The van der Waals surface area contributed by atoms with Gasteiger partial charge in [-0.1, -0.05) is 111 Å². The van der Waals surface area contributed by atoms with Crippen LogP contribution in [0.2, 0.25) is 0 Å². The molecule has 0 spiro atoms. The molecule has 1 heterocycles. The molecule has 0 bridgehead atoms. The molecule has 2 heteroatoms. The van der Waals surface area contributed by atoms with Crippen molar-refractivity contribution in [3.8, 4) is 22.3 Å². The predicted molar refractivity (Wildman–Crippen MR) is 164 cm³/mol. The molecule has 0 amide bonds. The van der Waals surface area contributed by atoms with E-state index >= 15 is 0 Å². The fourth-order valence-electron chi connectivity index (χ4n) is 5.94. The Morgan fingerprint density at radius 1 is 0.641 bits per heavy atom. The maximum atomic E-state index is 8.85. The molecule has 1 N–H and O–H groups in total. The van der Waals surface area contributed by atoms with Gasteiger partial charge in [-0.25, -0.2) is 0 Å². The van der Waals surface area contributed by atoms with Crippen LogP contribution >= 0.6 is 0 Å². The average Bonchev–Trinajstić information content (AvgIpc) is 3.56. The summed E-state index contributed by atoms with van der Waals surface area (Å²) >= 11 is 0. The minimum Gasteiger partial charge on any atom is -0.455 e. The number of hydrogen-bond acceptors (Lipinski definition) is 2. The quantitative estimate of drug-likeness (QED) is 0.257. The zero-order valence-electron chi connectivity index (χ0n) is 28.4. The van der Waals surface area contributed by atoms with Crippen molar-refractivity contribution in [2.45, 2.75) is 19.3 Å². The molecule has 6 aromatic carbocycles. The van der Waals surface area contributed by atoms with E-state index in [9.17, 15) is 0 Å². The van der Waals surface area contributed by atoms with E-state index in [0.29, 0.717) is 22.4 Å². The maximum Gasteiger partial charge on any atom is 0.143 e. The summed E-state index contributed by atoms with van der Waals surface area (Å²) in [4.78, 5) is 0. The normalized spacial score (nSPS) is 16.1. The molecule has 0 radical (unpaired) electrons. The van der Waals surface area contributed by atoms with Crippen molar-refractivity contribution in [1.82, 2.24) is 0 Å². The molecule has 2 nitrogen and oxygen atoms in total. The van der Waals surface area contributed by atoms with Crippen LogP contribution in [-0.2, 0) is 5.41 Å². The molecule has 1 aromatic heterocycles. The van der Waals surface area contributed by atoms with E-state index in [0.717, 1.165) is 43.8 Å². The first-order valence-corrected chi connectivity index (χ1v) is 13.0. The lowest BCUT2D eigenvalue weighted by atomic mass is 9.82. The molecule has 0 unspecified atom stereocenters. The maximum absolute atomic E-state index is 8.85. The Morgan fingerprint density at radius 3 is 2.31 bits per heavy atom. The SMILES string of the molecule is [2H]c1c([2H])c([2H])c2c(c1[2H])-c1c(Nc3ccc(-c4cccc5c4oc4c6ccccc6ccc54)cc3)c([2H])c([2H])c([2H])c1C2(C)C. The fraction of sp³-hybridized carbons (Fsp3) is 0.0811. The van der Waals surface area contributed by atoms with Crippen LogP contribution in [0.4, 0.5) is 11.4 Å². The van der Waals surface area contributed by atoms with Crippen LogP contribution in [0, 0.1) is 0 Å². The molecule has 1 aliphatic carbocycles. The van der Waals surface area contributed by atoms with Crippen molar-refractivity contribution in [2.75, 3.05) is 5.32 Å². The van der Waals surface area contributed by atoms with E-state index in [1.165, 1.54) is 0 Å². The molecule has 0 saturated carbocycles. The largest absolute Gasteiger partial charge is 0.455 e. The second-order valence-electron chi connectivity index (χ2n) is 10.5. The van der Waals surface area contributed by atoms with Crippen LogP contribution < -0.4 is 5.32 Å². The first kappa shape index (κ1) is 16.2. The Kier molecular flexibility index (Phi) is 3.36. The Morgan fingerprint density at radius 2 is 1.41 bits per heavy atom. The molecule has 0 aliphatic heterocycles. The van der Waals surface area contributed by atoms with Crippen LogP contribution in [-0.4, -0.2) is 0 Å². The van der Waals surface area contributed by atoms with Gasteiger partial charge in [0, 0.05) is 44.1 Å². The number of rotatable bonds is 3. The van der Waals surface area contributed by atoms with Gasteiger partial charge in [-0.2, -0.15) is 0 Å². The van der Waals surface area contributed by atoms with Crippen molar-refractivity contribution in [3.05, 3.63) is 132 Å². The summed E-state index contributed by atoms with van der Waals surface area (Å²) in [5, 5.41) is 7.54. The summed E-state index contributed by atoms with van der Waals surface area (Å²) in [7, 11) is 0. The molecule has 186 valence electrons. The number of nitrogens with one attached hydrogen (secondary N) is 1. The van der Waals surface area contributed by atoms with Crippen LogP contribution in [0.15, 0.2) is 126 Å². The molecule has 39 heavy (non-hydrogen) atoms. The third kappa shape index (κ3) is 3.21. The molecule has 1 aliphatic rings. The minimum absolute atomic E-state index is 0.148. The lowest BCUT2D eigenvalue weighted by Gasteiger charge is -2.21. The summed E-state index contributed by atoms with van der Waals surface area (Å²) in [6.45, 7) is 3.61. The third-order valence-electron chi connectivity index (χ3n) is 7.92. The lowest BCUT2D eigenvalue weighted by Crippen LogP contribution is -2.14. The van der Waals surface area contributed by atoms with Gasteiger partial charge in [-0.05, 0) is 51.9 Å². The van der Waals surface area contributed by atoms with Crippen LogP contribution in [0.25, 0.3) is 55.0 Å². The molecule has 7 aromatic rings. The number of benzene rings is 6. The molecular formula is C37H27NO. The first-order chi connectivity index (χ1) is 22.0. The highest BCUT2D eigenvalue weighted by atomic mass is 16.3. The number of hydrogen-bond donors (Lipinski definition) is 1. The van der Waals surface area contributed by atoms with E-state index < -0.39 is 5.41 Å². The number of furan rings is 1. The Balaban J connectivity index is 1.26. The van der Waals surface area contributed by atoms with Gasteiger partial charge in [0.2, 0.25) is 0 Å². The van der Waals surface area contributed by atoms with Gasteiger partial charge < -0.3 is 9.73 Å². The summed E-state index contributed by atoms with van der Waals surface area (Å²) in [5.41, 5.74) is 4.84. The topological polar surface area (TPSA) is 25.2 Å². The summed E-state index contributed by atoms with van der Waals surface area (Å²) in [6, 6.07) is 24.4. The van der Waals surface area contributed by atoms with Crippen molar-refractivity contribution >= 4 is 44.1 Å². The van der Waals surface area contributed by atoms with Gasteiger partial charge in [0.15, 0.2) is 0 Å². The summed E-state index contributed by atoms with van der Waals surface area (Å²) in [6.07, 6.45) is 0. The number of para-hydroxylation sites is 1. The van der Waals surface area contributed by atoms with Crippen LogP contribution in [0.3, 0.4) is 0 Å². The van der Waals surface area contributed by atoms with Gasteiger partial charge in [0.1, 0.15) is 11.2 Å². The second-order valence-corrected chi connectivity index (χ2v) is 10.5. The first-order valence-electron chi connectivity index (χ1n) is 16.5. The highest BCUT2D eigenvalue weighted by molar-refractivity contribution is 6.17. The smallest absolute Gasteiger partial charge is 0.143 e. The Labute approximate surface area is 237 Å². The van der Waals surface area contributed by atoms with E-state index in [1.54, 1.807) is 13.8 Å². The Hall–Kier alpha value is -4.82. The number of fused-ring (bicyclic) bond motifs is 8. The van der Waals surface area contributed by atoms with Gasteiger partial charge in [-0.15, -0.1) is 0 Å². The monoisotopic (exact) mass is 508 g/mol. The average molecular weight is 509 g/mol. The highest BCUT2D eigenvalue weighted by Gasteiger charge is 2.36. The van der Waals surface area contributed by atoms with E-state index in [-0.39, 0.29) is 53.5 Å². The van der Waals surface area contributed by atoms with Crippen molar-refractivity contribution in [2.24, 2.45) is 0 Å². The van der Waals surface area contributed by atoms with Gasteiger partial charge in [0.05, 0.1) is 9.60 Å². The van der Waals surface area contributed by atoms with Crippen molar-refractivity contribution in [1.29, 1.82) is 0 Å². The van der Waals surface area contributed by atoms with Gasteiger partial charge in [-0.3, -0.25) is 0 Å². The van der Waals surface area contributed by atoms with Crippen molar-refractivity contribution in [3.63, 3.8) is 0 Å². The number of anilines is 2. The summed E-state index contributed by atoms with van der Waals surface area (Å²) < 4.78 is 66.9. The molecule has 8 rings (SSSR count). The molecule has 0 fully saturated rings.